The maximum Gasteiger partial charge on any atom is 0.187 e. The van der Waals surface area contributed by atoms with Crippen molar-refractivity contribution in [2.24, 2.45) is 5.73 Å². The molecule has 0 radical (unpaired) electrons. The van der Waals surface area contributed by atoms with Crippen LogP contribution in [0.5, 0.6) is 0 Å². The van der Waals surface area contributed by atoms with Crippen LogP contribution in [0.2, 0.25) is 0 Å². The molecule has 1 aromatic carbocycles. The van der Waals surface area contributed by atoms with E-state index in [0.717, 1.165) is 42.3 Å². The SMILES string of the molecule is CC(=O)Cc1cccc(-c2nc(C(=O)Cc3cnccc3N3CCC[C@H](N)C3)c(N)cc2F)c1. The Kier molecular flexibility index (Phi) is 6.98. The number of nitrogen functional groups attached to an aromatic ring is 1. The third-order valence-corrected chi connectivity index (χ3v) is 5.95. The number of Topliss-reactive ketones (excluding diaryl/α,β-unsaturated/α-hetero) is 2. The fraction of sp³-hybridized carbons (Fsp3) is 0.308. The lowest BCUT2D eigenvalue weighted by molar-refractivity contribution is -0.116. The summed E-state index contributed by atoms with van der Waals surface area (Å²) in [5.74, 6) is -0.951. The highest BCUT2D eigenvalue weighted by Crippen LogP contribution is 2.28. The fourth-order valence-corrected chi connectivity index (χ4v) is 4.39. The summed E-state index contributed by atoms with van der Waals surface area (Å²) in [6, 6.07) is 10.0. The van der Waals surface area contributed by atoms with Crippen molar-refractivity contribution in [3.05, 3.63) is 71.4 Å². The number of ketones is 2. The molecule has 176 valence electrons. The number of aromatic nitrogens is 2. The summed E-state index contributed by atoms with van der Waals surface area (Å²) in [5.41, 5.74) is 15.1. The first-order chi connectivity index (χ1) is 16.3. The van der Waals surface area contributed by atoms with Gasteiger partial charge in [-0.15, -0.1) is 0 Å². The van der Waals surface area contributed by atoms with Gasteiger partial charge in [0.15, 0.2) is 11.6 Å². The molecule has 3 heterocycles. The van der Waals surface area contributed by atoms with Gasteiger partial charge >= 0.3 is 0 Å². The van der Waals surface area contributed by atoms with Crippen molar-refractivity contribution in [2.75, 3.05) is 23.7 Å². The van der Waals surface area contributed by atoms with Gasteiger partial charge in [-0.25, -0.2) is 9.37 Å². The zero-order chi connectivity index (χ0) is 24.2. The topological polar surface area (TPSA) is 115 Å². The monoisotopic (exact) mass is 461 g/mol. The lowest BCUT2D eigenvalue weighted by Gasteiger charge is -2.33. The third kappa shape index (κ3) is 5.28. The molecule has 0 amide bonds. The van der Waals surface area contributed by atoms with E-state index in [1.54, 1.807) is 36.7 Å². The van der Waals surface area contributed by atoms with E-state index >= 15 is 0 Å². The average Bonchev–Trinajstić information content (AvgIpc) is 2.79. The second-order valence-electron chi connectivity index (χ2n) is 8.79. The summed E-state index contributed by atoms with van der Waals surface area (Å²) >= 11 is 0. The van der Waals surface area contributed by atoms with E-state index in [-0.39, 0.29) is 47.5 Å². The number of benzene rings is 1. The van der Waals surface area contributed by atoms with Crippen LogP contribution >= 0.6 is 0 Å². The van der Waals surface area contributed by atoms with Crippen LogP contribution in [0.1, 0.15) is 41.4 Å². The van der Waals surface area contributed by atoms with Gasteiger partial charge in [0.25, 0.3) is 0 Å². The minimum Gasteiger partial charge on any atom is -0.397 e. The van der Waals surface area contributed by atoms with Crippen molar-refractivity contribution in [3.63, 3.8) is 0 Å². The highest BCUT2D eigenvalue weighted by atomic mass is 19.1. The Labute approximate surface area is 198 Å². The van der Waals surface area contributed by atoms with E-state index in [1.807, 2.05) is 6.07 Å². The van der Waals surface area contributed by atoms with Crippen LogP contribution in [0.15, 0.2) is 48.8 Å². The van der Waals surface area contributed by atoms with Crippen LogP contribution in [0.25, 0.3) is 11.3 Å². The molecule has 2 aromatic heterocycles. The number of pyridine rings is 2. The van der Waals surface area contributed by atoms with Crippen molar-refractivity contribution in [1.29, 1.82) is 0 Å². The molecule has 1 aliphatic heterocycles. The zero-order valence-electron chi connectivity index (χ0n) is 19.1. The molecule has 1 atom stereocenters. The Balaban J connectivity index is 1.64. The molecule has 4 N–H and O–H groups in total. The van der Waals surface area contributed by atoms with E-state index in [1.165, 1.54) is 6.92 Å². The van der Waals surface area contributed by atoms with Gasteiger partial charge in [0, 0.05) is 67.2 Å². The van der Waals surface area contributed by atoms with Crippen molar-refractivity contribution in [1.82, 2.24) is 9.97 Å². The van der Waals surface area contributed by atoms with Gasteiger partial charge in [0.1, 0.15) is 17.2 Å². The number of piperidine rings is 1. The first kappa shape index (κ1) is 23.5. The maximum absolute atomic E-state index is 14.8. The zero-order valence-corrected chi connectivity index (χ0v) is 19.1. The summed E-state index contributed by atoms with van der Waals surface area (Å²) in [4.78, 5) is 35.4. The smallest absolute Gasteiger partial charge is 0.187 e. The minimum atomic E-state index is -0.626. The molecular weight excluding hydrogens is 433 g/mol. The lowest BCUT2D eigenvalue weighted by Crippen LogP contribution is -2.43. The van der Waals surface area contributed by atoms with Gasteiger partial charge in [-0.2, -0.15) is 0 Å². The minimum absolute atomic E-state index is 0.000639. The number of nitrogens with two attached hydrogens (primary N) is 2. The van der Waals surface area contributed by atoms with Crippen molar-refractivity contribution in [3.8, 4) is 11.3 Å². The van der Waals surface area contributed by atoms with Gasteiger partial charge < -0.3 is 16.4 Å². The molecule has 3 aromatic rings. The Morgan fingerprint density at radius 3 is 2.79 bits per heavy atom. The average molecular weight is 462 g/mol. The van der Waals surface area contributed by atoms with Crippen molar-refractivity contribution < 1.29 is 14.0 Å². The molecular formula is C26H28FN5O2. The molecule has 7 nitrogen and oxygen atoms in total. The Hall–Kier alpha value is -3.65. The number of nitrogens with zero attached hydrogens (tertiary/aromatic N) is 3. The first-order valence-corrected chi connectivity index (χ1v) is 11.3. The quantitative estimate of drug-likeness (QED) is 0.519. The second kappa shape index (κ2) is 10.1. The van der Waals surface area contributed by atoms with Gasteiger partial charge in [0.05, 0.1) is 5.69 Å². The molecule has 0 spiro atoms. The number of hydrogen-bond donors (Lipinski definition) is 2. The number of hydrogen-bond acceptors (Lipinski definition) is 7. The van der Waals surface area contributed by atoms with Crippen molar-refractivity contribution in [2.45, 2.75) is 38.6 Å². The molecule has 0 unspecified atom stereocenters. The van der Waals surface area contributed by atoms with E-state index in [2.05, 4.69) is 14.9 Å². The Morgan fingerprint density at radius 2 is 2.03 bits per heavy atom. The molecule has 4 rings (SSSR count). The van der Waals surface area contributed by atoms with E-state index < -0.39 is 5.82 Å². The summed E-state index contributed by atoms with van der Waals surface area (Å²) < 4.78 is 14.8. The van der Waals surface area contributed by atoms with Gasteiger partial charge in [-0.05, 0) is 37.5 Å². The lowest BCUT2D eigenvalue weighted by atomic mass is 10.0. The number of carbonyl (C=O) groups is 2. The summed E-state index contributed by atoms with van der Waals surface area (Å²) in [5, 5.41) is 0. The Morgan fingerprint density at radius 1 is 1.21 bits per heavy atom. The van der Waals surface area contributed by atoms with Crippen LogP contribution in [-0.2, 0) is 17.6 Å². The summed E-state index contributed by atoms with van der Waals surface area (Å²) in [6.45, 7) is 3.06. The third-order valence-electron chi connectivity index (χ3n) is 5.95. The molecule has 0 aliphatic carbocycles. The highest BCUT2D eigenvalue weighted by molar-refractivity contribution is 6.01. The van der Waals surface area contributed by atoms with Crippen LogP contribution in [0, 0.1) is 5.82 Å². The predicted molar refractivity (Wildman–Crippen MR) is 130 cm³/mol. The normalized spacial score (nSPS) is 15.9. The fourth-order valence-electron chi connectivity index (χ4n) is 4.39. The van der Waals surface area contributed by atoms with Gasteiger partial charge in [-0.3, -0.25) is 14.6 Å². The maximum atomic E-state index is 14.8. The molecule has 0 saturated carbocycles. The van der Waals surface area contributed by atoms with Crippen LogP contribution in [0.4, 0.5) is 15.8 Å². The van der Waals surface area contributed by atoms with E-state index in [9.17, 15) is 14.0 Å². The molecule has 34 heavy (non-hydrogen) atoms. The van der Waals surface area contributed by atoms with E-state index in [4.69, 9.17) is 11.5 Å². The number of anilines is 2. The number of rotatable bonds is 7. The molecule has 1 aliphatic rings. The predicted octanol–water partition coefficient (Wildman–Crippen LogP) is 3.35. The molecule has 8 heteroatoms. The van der Waals surface area contributed by atoms with Crippen LogP contribution < -0.4 is 16.4 Å². The highest BCUT2D eigenvalue weighted by Gasteiger charge is 2.23. The number of halogens is 1. The standard InChI is InChI=1S/C26H28FN5O2/c1-16(33)10-17-4-2-5-18(11-17)25-21(27)13-22(29)26(31-25)24(34)12-19-14-30-8-7-23(19)32-9-3-6-20(28)15-32/h2,4-5,7-8,11,13-14,20H,3,6,9-10,12,15,28-29H2,1H3/t20-/m0/s1. The van der Waals surface area contributed by atoms with Gasteiger partial charge in [-0.1, -0.05) is 18.2 Å². The van der Waals surface area contributed by atoms with Crippen molar-refractivity contribution >= 4 is 22.9 Å². The largest absolute Gasteiger partial charge is 0.397 e. The molecule has 0 bridgehead atoms. The first-order valence-electron chi connectivity index (χ1n) is 11.3. The van der Waals surface area contributed by atoms with E-state index in [0.29, 0.717) is 12.1 Å². The second-order valence-corrected chi connectivity index (χ2v) is 8.79. The Bertz CT molecular complexity index is 1230. The molecule has 1 fully saturated rings. The van der Waals surface area contributed by atoms with Crippen LogP contribution in [-0.4, -0.2) is 40.7 Å². The summed E-state index contributed by atoms with van der Waals surface area (Å²) in [7, 11) is 0. The molecule has 1 saturated heterocycles. The van der Waals surface area contributed by atoms with Gasteiger partial charge in [0.2, 0.25) is 0 Å². The number of carbonyl (C=O) groups excluding carboxylic acids is 2. The van der Waals surface area contributed by atoms with Crippen LogP contribution in [0.3, 0.4) is 0 Å². The summed E-state index contributed by atoms with van der Waals surface area (Å²) in [6.07, 6.45) is 5.58.